The second-order valence-corrected chi connectivity index (χ2v) is 6.37. The molecule has 1 fully saturated rings. The summed E-state index contributed by atoms with van der Waals surface area (Å²) in [4.78, 5) is 13.7. The minimum atomic E-state index is 0.0348. The monoisotopic (exact) mass is 372 g/mol. The van der Waals surface area contributed by atoms with Gasteiger partial charge in [0.25, 0.3) is 0 Å². The van der Waals surface area contributed by atoms with E-state index in [0.29, 0.717) is 25.7 Å². The van der Waals surface area contributed by atoms with Gasteiger partial charge in [0.15, 0.2) is 0 Å². The van der Waals surface area contributed by atoms with E-state index in [1.807, 2.05) is 18.3 Å². The summed E-state index contributed by atoms with van der Waals surface area (Å²) in [5.74, 6) is 1.65. The molecule has 1 aliphatic rings. The van der Waals surface area contributed by atoms with Gasteiger partial charge >= 0.3 is 0 Å². The van der Waals surface area contributed by atoms with Crippen molar-refractivity contribution in [3.63, 3.8) is 0 Å². The first kappa shape index (κ1) is 19.5. The summed E-state index contributed by atoms with van der Waals surface area (Å²) in [5, 5.41) is 8.90. The van der Waals surface area contributed by atoms with Crippen LogP contribution in [0.15, 0.2) is 42.6 Å². The second-order valence-electron chi connectivity index (χ2n) is 6.37. The van der Waals surface area contributed by atoms with Crippen molar-refractivity contribution in [1.82, 2.24) is 9.97 Å². The van der Waals surface area contributed by atoms with Crippen LogP contribution in [0.2, 0.25) is 0 Å². The van der Waals surface area contributed by atoms with Gasteiger partial charge in [-0.25, -0.2) is 4.98 Å². The van der Waals surface area contributed by atoms with E-state index in [4.69, 9.17) is 19.6 Å². The van der Waals surface area contributed by atoms with Crippen LogP contribution in [0, 0.1) is 0 Å². The Morgan fingerprint density at radius 3 is 2.67 bits per heavy atom. The van der Waals surface area contributed by atoms with Crippen molar-refractivity contribution >= 4 is 11.8 Å². The molecule has 2 aromatic rings. The molecule has 7 heteroatoms. The molecule has 0 amide bonds. The van der Waals surface area contributed by atoms with E-state index >= 15 is 0 Å². The number of morpholine rings is 1. The Balaban J connectivity index is 1.68. The fourth-order valence-electron chi connectivity index (χ4n) is 3.02. The van der Waals surface area contributed by atoms with Crippen molar-refractivity contribution in [2.75, 3.05) is 69.0 Å². The summed E-state index contributed by atoms with van der Waals surface area (Å²) in [7, 11) is 0. The molecule has 0 bridgehead atoms. The molecule has 2 heterocycles. The highest BCUT2D eigenvalue weighted by Gasteiger charge is 2.16. The fraction of sp³-hybridized carbons (Fsp3) is 0.500. The highest BCUT2D eigenvalue weighted by molar-refractivity contribution is 5.44. The van der Waals surface area contributed by atoms with E-state index in [2.05, 4.69) is 39.0 Å². The molecule has 3 rings (SSSR count). The van der Waals surface area contributed by atoms with Crippen molar-refractivity contribution in [3.8, 4) is 0 Å². The number of aliphatic hydroxyl groups is 1. The van der Waals surface area contributed by atoms with E-state index in [0.717, 1.165) is 45.1 Å². The van der Waals surface area contributed by atoms with Crippen molar-refractivity contribution < 1.29 is 14.6 Å². The van der Waals surface area contributed by atoms with Crippen LogP contribution in [0.4, 0.5) is 11.8 Å². The van der Waals surface area contributed by atoms with Crippen LogP contribution < -0.4 is 9.80 Å². The van der Waals surface area contributed by atoms with Crippen LogP contribution in [-0.4, -0.2) is 74.3 Å². The molecule has 0 atom stereocenters. The fourth-order valence-corrected chi connectivity index (χ4v) is 3.02. The molecular formula is C20H28N4O3. The topological polar surface area (TPSA) is 71.0 Å². The van der Waals surface area contributed by atoms with Gasteiger partial charge in [0.05, 0.1) is 33.0 Å². The maximum atomic E-state index is 8.90. The molecule has 1 N–H and O–H groups in total. The summed E-state index contributed by atoms with van der Waals surface area (Å²) in [6.45, 7) is 5.55. The predicted octanol–water partition coefficient (Wildman–Crippen LogP) is 1.37. The smallest absolute Gasteiger partial charge is 0.227 e. The SMILES string of the molecule is OCCOCCN(CCc1ccccc1)c1nccc(N2CCOCC2)n1. The van der Waals surface area contributed by atoms with Gasteiger partial charge < -0.3 is 24.4 Å². The van der Waals surface area contributed by atoms with E-state index in [-0.39, 0.29) is 6.61 Å². The van der Waals surface area contributed by atoms with E-state index in [1.165, 1.54) is 5.56 Å². The number of hydrogen-bond acceptors (Lipinski definition) is 7. The van der Waals surface area contributed by atoms with Gasteiger partial charge in [-0.1, -0.05) is 30.3 Å². The highest BCUT2D eigenvalue weighted by atomic mass is 16.5. The van der Waals surface area contributed by atoms with Crippen LogP contribution >= 0.6 is 0 Å². The van der Waals surface area contributed by atoms with Gasteiger partial charge in [-0.05, 0) is 18.1 Å². The first-order valence-electron chi connectivity index (χ1n) is 9.50. The molecule has 0 spiro atoms. The number of rotatable bonds is 10. The van der Waals surface area contributed by atoms with Gasteiger partial charge in [-0.2, -0.15) is 4.98 Å². The molecule has 1 aromatic heterocycles. The lowest BCUT2D eigenvalue weighted by Gasteiger charge is -2.29. The maximum Gasteiger partial charge on any atom is 0.227 e. The Morgan fingerprint density at radius 2 is 1.89 bits per heavy atom. The maximum absolute atomic E-state index is 8.90. The van der Waals surface area contributed by atoms with Crippen molar-refractivity contribution in [3.05, 3.63) is 48.2 Å². The third-order valence-corrected chi connectivity index (χ3v) is 4.50. The van der Waals surface area contributed by atoms with E-state index < -0.39 is 0 Å². The summed E-state index contributed by atoms with van der Waals surface area (Å²) in [5.41, 5.74) is 1.28. The predicted molar refractivity (Wildman–Crippen MR) is 105 cm³/mol. The number of aromatic nitrogens is 2. The highest BCUT2D eigenvalue weighted by Crippen LogP contribution is 2.17. The molecular weight excluding hydrogens is 344 g/mol. The van der Waals surface area contributed by atoms with Gasteiger partial charge in [0.2, 0.25) is 5.95 Å². The lowest BCUT2D eigenvalue weighted by Crippen LogP contribution is -2.37. The Hall–Kier alpha value is -2.22. The van der Waals surface area contributed by atoms with E-state index in [1.54, 1.807) is 0 Å². The number of anilines is 2. The molecule has 1 aromatic carbocycles. The molecule has 7 nitrogen and oxygen atoms in total. The van der Waals surface area contributed by atoms with Crippen molar-refractivity contribution in [2.24, 2.45) is 0 Å². The Kier molecular flexibility index (Phi) is 7.83. The molecule has 1 saturated heterocycles. The van der Waals surface area contributed by atoms with Gasteiger partial charge in [-0.15, -0.1) is 0 Å². The zero-order valence-corrected chi connectivity index (χ0v) is 15.7. The Labute approximate surface area is 160 Å². The quantitative estimate of drug-likeness (QED) is 0.632. The average Bonchev–Trinajstić information content (AvgIpc) is 2.75. The van der Waals surface area contributed by atoms with Gasteiger partial charge in [0, 0.05) is 32.4 Å². The zero-order chi connectivity index (χ0) is 18.7. The lowest BCUT2D eigenvalue weighted by molar-refractivity contribution is 0.0965. The van der Waals surface area contributed by atoms with Crippen LogP contribution in [0.5, 0.6) is 0 Å². The van der Waals surface area contributed by atoms with Crippen LogP contribution in [0.1, 0.15) is 5.56 Å². The molecule has 27 heavy (non-hydrogen) atoms. The van der Waals surface area contributed by atoms with E-state index in [9.17, 15) is 0 Å². The van der Waals surface area contributed by atoms with Gasteiger partial charge in [0.1, 0.15) is 5.82 Å². The summed E-state index contributed by atoms with van der Waals surface area (Å²) < 4.78 is 10.9. The molecule has 1 aliphatic heterocycles. The molecule has 0 aliphatic carbocycles. The first-order valence-corrected chi connectivity index (χ1v) is 9.50. The van der Waals surface area contributed by atoms with Crippen molar-refractivity contribution in [1.29, 1.82) is 0 Å². The van der Waals surface area contributed by atoms with Crippen molar-refractivity contribution in [2.45, 2.75) is 6.42 Å². The molecule has 146 valence electrons. The summed E-state index contributed by atoms with van der Waals surface area (Å²) >= 11 is 0. The number of nitrogens with zero attached hydrogens (tertiary/aromatic N) is 4. The number of hydrogen-bond donors (Lipinski definition) is 1. The first-order chi connectivity index (χ1) is 13.4. The minimum absolute atomic E-state index is 0.0348. The largest absolute Gasteiger partial charge is 0.394 e. The normalized spacial score (nSPS) is 14.3. The summed E-state index contributed by atoms with van der Waals surface area (Å²) in [6, 6.07) is 12.3. The third kappa shape index (κ3) is 6.16. The molecule has 0 unspecified atom stereocenters. The standard InChI is InChI=1S/C20H28N4O3/c25-13-17-27-16-12-24(9-7-18-4-2-1-3-5-18)20-21-8-6-19(22-20)23-10-14-26-15-11-23/h1-6,8,25H,7,9-17H2. The Morgan fingerprint density at radius 1 is 1.07 bits per heavy atom. The number of benzene rings is 1. The van der Waals surface area contributed by atoms with Gasteiger partial charge in [-0.3, -0.25) is 0 Å². The second kappa shape index (κ2) is 10.8. The average molecular weight is 372 g/mol. The number of aliphatic hydroxyl groups excluding tert-OH is 1. The molecule has 0 radical (unpaired) electrons. The summed E-state index contributed by atoms with van der Waals surface area (Å²) in [6.07, 6.45) is 2.73. The molecule has 0 saturated carbocycles. The Bertz CT molecular complexity index is 665. The van der Waals surface area contributed by atoms with Crippen LogP contribution in [0.3, 0.4) is 0 Å². The number of ether oxygens (including phenoxy) is 2. The third-order valence-electron chi connectivity index (χ3n) is 4.50. The zero-order valence-electron chi connectivity index (χ0n) is 15.7. The minimum Gasteiger partial charge on any atom is -0.394 e. The van der Waals surface area contributed by atoms with Crippen LogP contribution in [-0.2, 0) is 15.9 Å². The van der Waals surface area contributed by atoms with Crippen LogP contribution in [0.25, 0.3) is 0 Å². The lowest BCUT2D eigenvalue weighted by atomic mass is 10.1.